The smallest absolute Gasteiger partial charge is 0.222 e. The average molecular weight is 259 g/mol. The fourth-order valence-electron chi connectivity index (χ4n) is 2.57. The van der Waals surface area contributed by atoms with E-state index in [0.717, 1.165) is 19.5 Å². The fraction of sp³-hybridized carbons (Fsp3) is 0.588. The lowest BCUT2D eigenvalue weighted by molar-refractivity contribution is -0.130. The van der Waals surface area contributed by atoms with E-state index in [1.165, 1.54) is 24.0 Å². The van der Waals surface area contributed by atoms with Crippen LogP contribution in [0.25, 0.3) is 0 Å². The predicted octanol–water partition coefficient (Wildman–Crippen LogP) is 3.54. The van der Waals surface area contributed by atoms with Crippen molar-refractivity contribution in [2.24, 2.45) is 0 Å². The van der Waals surface area contributed by atoms with Crippen molar-refractivity contribution < 1.29 is 4.79 Å². The van der Waals surface area contributed by atoms with E-state index in [1.807, 2.05) is 4.90 Å². The second kappa shape index (κ2) is 5.77. The molecule has 0 radical (unpaired) electrons. The standard InChI is InChI=1S/C17H25NO/c1-17(2,3)15-8-6-7-14(13-15)9-10-16(19)18-11-4-5-12-18/h6-8,13H,4-5,9-12H2,1-3H3. The quantitative estimate of drug-likeness (QED) is 0.813. The first-order valence-electron chi connectivity index (χ1n) is 7.34. The van der Waals surface area contributed by atoms with Gasteiger partial charge in [-0.15, -0.1) is 0 Å². The number of benzene rings is 1. The molecule has 0 bridgehead atoms. The van der Waals surface area contributed by atoms with Gasteiger partial charge in [-0.25, -0.2) is 0 Å². The Morgan fingerprint density at radius 2 is 1.89 bits per heavy atom. The maximum absolute atomic E-state index is 12.0. The minimum atomic E-state index is 0.176. The second-order valence-electron chi connectivity index (χ2n) is 6.54. The largest absolute Gasteiger partial charge is 0.343 e. The Bertz CT molecular complexity index is 439. The molecule has 0 saturated carbocycles. The summed E-state index contributed by atoms with van der Waals surface area (Å²) in [7, 11) is 0. The van der Waals surface area contributed by atoms with Crippen LogP contribution in [0.1, 0.15) is 51.2 Å². The first-order valence-corrected chi connectivity index (χ1v) is 7.34. The third-order valence-corrected chi connectivity index (χ3v) is 3.88. The molecule has 2 rings (SSSR count). The van der Waals surface area contributed by atoms with Gasteiger partial charge in [0.15, 0.2) is 0 Å². The summed E-state index contributed by atoms with van der Waals surface area (Å²) in [6, 6.07) is 8.66. The summed E-state index contributed by atoms with van der Waals surface area (Å²) in [5.74, 6) is 0.318. The molecular weight excluding hydrogens is 234 g/mol. The highest BCUT2D eigenvalue weighted by atomic mass is 16.2. The van der Waals surface area contributed by atoms with E-state index < -0.39 is 0 Å². The van der Waals surface area contributed by atoms with Crippen LogP contribution in [0.4, 0.5) is 0 Å². The van der Waals surface area contributed by atoms with Gasteiger partial charge >= 0.3 is 0 Å². The highest BCUT2D eigenvalue weighted by Crippen LogP contribution is 2.23. The number of aryl methyl sites for hydroxylation is 1. The van der Waals surface area contributed by atoms with Crippen molar-refractivity contribution in [3.63, 3.8) is 0 Å². The topological polar surface area (TPSA) is 20.3 Å². The van der Waals surface area contributed by atoms with E-state index in [2.05, 4.69) is 45.0 Å². The van der Waals surface area contributed by atoms with Gasteiger partial charge in [-0.1, -0.05) is 45.0 Å². The van der Waals surface area contributed by atoms with Gasteiger partial charge in [-0.05, 0) is 35.8 Å². The number of rotatable bonds is 3. The molecule has 0 atom stereocenters. The Kier molecular flexibility index (Phi) is 4.28. The summed E-state index contributed by atoms with van der Waals surface area (Å²) in [5, 5.41) is 0. The zero-order valence-corrected chi connectivity index (χ0v) is 12.4. The van der Waals surface area contributed by atoms with Gasteiger partial charge < -0.3 is 4.90 Å². The molecule has 2 heteroatoms. The van der Waals surface area contributed by atoms with Crippen LogP contribution in [0.15, 0.2) is 24.3 Å². The lowest BCUT2D eigenvalue weighted by atomic mass is 9.86. The Morgan fingerprint density at radius 1 is 1.21 bits per heavy atom. The molecular formula is C17H25NO. The average Bonchev–Trinajstić information content (AvgIpc) is 2.89. The molecule has 1 aliphatic rings. The number of hydrogen-bond acceptors (Lipinski definition) is 1. The van der Waals surface area contributed by atoms with Crippen LogP contribution in [0.3, 0.4) is 0 Å². The first kappa shape index (κ1) is 14.1. The lowest BCUT2D eigenvalue weighted by Crippen LogP contribution is -2.27. The van der Waals surface area contributed by atoms with E-state index >= 15 is 0 Å². The predicted molar refractivity (Wildman–Crippen MR) is 79.3 cm³/mol. The molecule has 1 fully saturated rings. The number of amides is 1. The van der Waals surface area contributed by atoms with E-state index in [-0.39, 0.29) is 5.41 Å². The third-order valence-electron chi connectivity index (χ3n) is 3.88. The van der Waals surface area contributed by atoms with Gasteiger partial charge in [0, 0.05) is 19.5 Å². The molecule has 0 aromatic heterocycles. The van der Waals surface area contributed by atoms with Crippen molar-refractivity contribution in [3.05, 3.63) is 35.4 Å². The summed E-state index contributed by atoms with van der Waals surface area (Å²) in [6.45, 7) is 8.59. The SMILES string of the molecule is CC(C)(C)c1cccc(CCC(=O)N2CCCC2)c1. The van der Waals surface area contributed by atoms with Gasteiger partial charge in [0.1, 0.15) is 0 Å². The van der Waals surface area contributed by atoms with Crippen molar-refractivity contribution in [2.75, 3.05) is 13.1 Å². The van der Waals surface area contributed by atoms with Crippen LogP contribution in [-0.2, 0) is 16.6 Å². The second-order valence-corrected chi connectivity index (χ2v) is 6.54. The summed E-state index contributed by atoms with van der Waals surface area (Å²) in [4.78, 5) is 14.0. The zero-order valence-electron chi connectivity index (χ0n) is 12.4. The van der Waals surface area contributed by atoms with E-state index in [9.17, 15) is 4.79 Å². The van der Waals surface area contributed by atoms with Crippen molar-refractivity contribution in [2.45, 2.75) is 51.9 Å². The minimum Gasteiger partial charge on any atom is -0.343 e. The molecule has 1 heterocycles. The van der Waals surface area contributed by atoms with Crippen molar-refractivity contribution in [1.29, 1.82) is 0 Å². The van der Waals surface area contributed by atoms with Crippen LogP contribution in [0, 0.1) is 0 Å². The van der Waals surface area contributed by atoms with E-state index in [0.29, 0.717) is 12.3 Å². The van der Waals surface area contributed by atoms with Crippen molar-refractivity contribution >= 4 is 5.91 Å². The van der Waals surface area contributed by atoms with Crippen LogP contribution >= 0.6 is 0 Å². The highest BCUT2D eigenvalue weighted by molar-refractivity contribution is 5.76. The fourth-order valence-corrected chi connectivity index (χ4v) is 2.57. The maximum atomic E-state index is 12.0. The number of hydrogen-bond donors (Lipinski definition) is 0. The summed E-state index contributed by atoms with van der Waals surface area (Å²) >= 11 is 0. The van der Waals surface area contributed by atoms with Crippen LogP contribution in [0.2, 0.25) is 0 Å². The molecule has 1 aliphatic heterocycles. The molecule has 0 unspecified atom stereocenters. The van der Waals surface area contributed by atoms with Gasteiger partial charge in [-0.3, -0.25) is 4.79 Å². The van der Waals surface area contributed by atoms with Crippen LogP contribution in [-0.4, -0.2) is 23.9 Å². The monoisotopic (exact) mass is 259 g/mol. The molecule has 2 nitrogen and oxygen atoms in total. The van der Waals surface area contributed by atoms with Crippen LogP contribution < -0.4 is 0 Å². The van der Waals surface area contributed by atoms with Gasteiger partial charge in [-0.2, -0.15) is 0 Å². The molecule has 1 saturated heterocycles. The molecule has 19 heavy (non-hydrogen) atoms. The van der Waals surface area contributed by atoms with Gasteiger partial charge in [0.2, 0.25) is 5.91 Å². The number of carbonyl (C=O) groups excluding carboxylic acids is 1. The summed E-state index contributed by atoms with van der Waals surface area (Å²) < 4.78 is 0. The highest BCUT2D eigenvalue weighted by Gasteiger charge is 2.18. The molecule has 0 N–H and O–H groups in total. The van der Waals surface area contributed by atoms with Crippen LogP contribution in [0.5, 0.6) is 0 Å². The Balaban J connectivity index is 1.94. The maximum Gasteiger partial charge on any atom is 0.222 e. The molecule has 0 spiro atoms. The molecule has 1 aromatic carbocycles. The summed E-state index contributed by atoms with van der Waals surface area (Å²) in [6.07, 6.45) is 3.85. The number of nitrogens with zero attached hydrogens (tertiary/aromatic N) is 1. The summed E-state index contributed by atoms with van der Waals surface area (Å²) in [5.41, 5.74) is 2.80. The zero-order chi connectivity index (χ0) is 13.9. The normalized spacial score (nSPS) is 15.8. The Labute approximate surface area is 116 Å². The van der Waals surface area contributed by atoms with Gasteiger partial charge in [0.25, 0.3) is 0 Å². The van der Waals surface area contributed by atoms with E-state index in [1.54, 1.807) is 0 Å². The van der Waals surface area contributed by atoms with Gasteiger partial charge in [0.05, 0.1) is 0 Å². The molecule has 104 valence electrons. The first-order chi connectivity index (χ1) is 8.97. The van der Waals surface area contributed by atoms with E-state index in [4.69, 9.17) is 0 Å². The molecule has 1 amide bonds. The molecule has 0 aliphatic carbocycles. The number of carbonyl (C=O) groups is 1. The van der Waals surface area contributed by atoms with Crippen molar-refractivity contribution in [3.8, 4) is 0 Å². The van der Waals surface area contributed by atoms with Crippen molar-refractivity contribution in [1.82, 2.24) is 4.90 Å². The minimum absolute atomic E-state index is 0.176. The number of likely N-dealkylation sites (tertiary alicyclic amines) is 1. The third kappa shape index (κ3) is 3.82. The Hall–Kier alpha value is -1.31. The Morgan fingerprint density at radius 3 is 2.53 bits per heavy atom. The molecule has 1 aromatic rings. The lowest BCUT2D eigenvalue weighted by Gasteiger charge is -2.20.